The molecule has 10 nitrogen and oxygen atoms in total. The number of likely N-dealkylation sites (N-methyl/N-ethyl adjacent to an activating group) is 1. The third-order valence-electron chi connectivity index (χ3n) is 4.43. The summed E-state index contributed by atoms with van der Waals surface area (Å²) in [5.74, 6) is 0. The molecule has 1 heterocycles. The van der Waals surface area contributed by atoms with E-state index in [9.17, 15) is 4.79 Å². The van der Waals surface area contributed by atoms with Crippen LogP contribution in [-0.4, -0.2) is 116 Å². The summed E-state index contributed by atoms with van der Waals surface area (Å²) in [7, 11) is 1.69. The molecule has 0 aromatic rings. The first-order valence-corrected chi connectivity index (χ1v) is 11.9. The van der Waals surface area contributed by atoms with E-state index in [1.54, 1.807) is 7.05 Å². The predicted molar refractivity (Wildman–Crippen MR) is 123 cm³/mol. The summed E-state index contributed by atoms with van der Waals surface area (Å²) in [6, 6.07) is 0. The van der Waals surface area contributed by atoms with Gasteiger partial charge >= 0.3 is 6.09 Å². The Labute approximate surface area is 199 Å². The van der Waals surface area contributed by atoms with Gasteiger partial charge in [-0.05, 0) is 40.0 Å². The fourth-order valence-corrected chi connectivity index (χ4v) is 2.70. The topological polar surface area (TPSA) is 94.2 Å². The van der Waals surface area contributed by atoms with Crippen molar-refractivity contribution in [3.63, 3.8) is 0 Å². The molecule has 0 radical (unpaired) electrons. The highest BCUT2D eigenvalue weighted by atomic mass is 16.7. The Balaban J connectivity index is 1.73. The number of ether oxygens (including phenoxy) is 8. The molecular formula is C23H45NO9. The van der Waals surface area contributed by atoms with Gasteiger partial charge in [-0.1, -0.05) is 0 Å². The minimum Gasteiger partial charge on any atom is -0.444 e. The molecule has 10 heteroatoms. The molecule has 0 spiro atoms. The van der Waals surface area contributed by atoms with E-state index >= 15 is 0 Å². The fraction of sp³-hybridized carbons (Fsp3) is 0.957. The van der Waals surface area contributed by atoms with Crippen LogP contribution < -0.4 is 0 Å². The minimum absolute atomic E-state index is 0.0647. The monoisotopic (exact) mass is 479 g/mol. The molecule has 1 amide bonds. The Kier molecular flexibility index (Phi) is 17.6. The van der Waals surface area contributed by atoms with Gasteiger partial charge in [-0.15, -0.1) is 0 Å². The van der Waals surface area contributed by atoms with Crippen molar-refractivity contribution in [2.45, 2.75) is 51.9 Å². The Morgan fingerprint density at radius 2 is 1.27 bits per heavy atom. The zero-order valence-corrected chi connectivity index (χ0v) is 21.0. The van der Waals surface area contributed by atoms with E-state index in [4.69, 9.17) is 37.9 Å². The lowest BCUT2D eigenvalue weighted by molar-refractivity contribution is -0.169. The molecule has 0 N–H and O–H groups in total. The number of carbonyl (C=O) groups excluding carboxylic acids is 1. The van der Waals surface area contributed by atoms with Gasteiger partial charge in [0, 0.05) is 20.2 Å². The highest BCUT2D eigenvalue weighted by Gasteiger charge is 2.19. The van der Waals surface area contributed by atoms with Crippen molar-refractivity contribution in [2.24, 2.45) is 0 Å². The highest BCUT2D eigenvalue weighted by molar-refractivity contribution is 5.67. The van der Waals surface area contributed by atoms with Crippen LogP contribution in [0.3, 0.4) is 0 Å². The molecular weight excluding hydrogens is 434 g/mol. The van der Waals surface area contributed by atoms with Crippen LogP contribution in [0.2, 0.25) is 0 Å². The average molecular weight is 480 g/mol. The molecule has 1 fully saturated rings. The standard InChI is InChI=1S/C23H45NO9/c1-23(2,3)33-22(25)24(4)8-10-26-11-12-27-13-14-28-15-16-29-17-18-30-19-20-32-21-7-5-6-9-31-21/h21H,5-20H2,1-4H3. The molecule has 1 saturated heterocycles. The van der Waals surface area contributed by atoms with Crippen molar-refractivity contribution in [2.75, 3.05) is 92.9 Å². The molecule has 1 unspecified atom stereocenters. The zero-order chi connectivity index (χ0) is 24.2. The molecule has 1 aliphatic rings. The van der Waals surface area contributed by atoms with Crippen molar-refractivity contribution in [1.82, 2.24) is 4.90 Å². The molecule has 0 aromatic carbocycles. The second-order valence-electron chi connectivity index (χ2n) is 8.63. The number of hydrogen-bond donors (Lipinski definition) is 0. The maximum Gasteiger partial charge on any atom is 0.410 e. The third kappa shape index (κ3) is 19.0. The van der Waals surface area contributed by atoms with Gasteiger partial charge in [0.2, 0.25) is 0 Å². The Morgan fingerprint density at radius 1 is 0.788 bits per heavy atom. The van der Waals surface area contributed by atoms with Crippen LogP contribution in [0.4, 0.5) is 4.79 Å². The molecule has 1 atom stereocenters. The summed E-state index contributed by atoms with van der Waals surface area (Å²) >= 11 is 0. The van der Waals surface area contributed by atoms with Crippen molar-refractivity contribution < 1.29 is 42.7 Å². The maximum atomic E-state index is 11.8. The number of hydrogen-bond acceptors (Lipinski definition) is 9. The summed E-state index contributed by atoms with van der Waals surface area (Å²) in [4.78, 5) is 13.3. The van der Waals surface area contributed by atoms with Gasteiger partial charge in [-0.25, -0.2) is 4.79 Å². The quantitative estimate of drug-likeness (QED) is 0.259. The summed E-state index contributed by atoms with van der Waals surface area (Å²) < 4.78 is 43.6. The van der Waals surface area contributed by atoms with Crippen molar-refractivity contribution >= 4 is 6.09 Å². The van der Waals surface area contributed by atoms with Crippen LogP contribution in [0.5, 0.6) is 0 Å². The molecule has 0 aromatic heterocycles. The Morgan fingerprint density at radius 3 is 1.73 bits per heavy atom. The molecule has 1 aliphatic heterocycles. The van der Waals surface area contributed by atoms with Crippen molar-refractivity contribution in [1.29, 1.82) is 0 Å². The summed E-state index contributed by atoms with van der Waals surface area (Å²) in [5.41, 5.74) is -0.498. The summed E-state index contributed by atoms with van der Waals surface area (Å²) in [5, 5.41) is 0. The van der Waals surface area contributed by atoms with Gasteiger partial charge in [0.15, 0.2) is 6.29 Å². The van der Waals surface area contributed by atoms with E-state index in [0.29, 0.717) is 79.2 Å². The van der Waals surface area contributed by atoms with Crippen LogP contribution >= 0.6 is 0 Å². The van der Waals surface area contributed by atoms with Gasteiger partial charge in [0.25, 0.3) is 0 Å². The van der Waals surface area contributed by atoms with Crippen LogP contribution in [0.15, 0.2) is 0 Å². The number of rotatable bonds is 19. The van der Waals surface area contributed by atoms with Gasteiger partial charge in [0.1, 0.15) is 5.60 Å². The molecule has 33 heavy (non-hydrogen) atoms. The van der Waals surface area contributed by atoms with Crippen molar-refractivity contribution in [3.05, 3.63) is 0 Å². The number of amides is 1. The Bertz CT molecular complexity index is 467. The van der Waals surface area contributed by atoms with E-state index in [0.717, 1.165) is 19.4 Å². The molecule has 0 aliphatic carbocycles. The number of nitrogens with zero attached hydrogens (tertiary/aromatic N) is 1. The second-order valence-corrected chi connectivity index (χ2v) is 8.63. The molecule has 1 rings (SSSR count). The molecule has 0 saturated carbocycles. The first-order chi connectivity index (χ1) is 15.9. The van der Waals surface area contributed by atoms with Crippen LogP contribution in [0, 0.1) is 0 Å². The van der Waals surface area contributed by atoms with Gasteiger partial charge in [-0.3, -0.25) is 0 Å². The largest absolute Gasteiger partial charge is 0.444 e. The maximum absolute atomic E-state index is 11.8. The third-order valence-corrected chi connectivity index (χ3v) is 4.43. The predicted octanol–water partition coefficient (Wildman–Crippen LogP) is 2.48. The lowest BCUT2D eigenvalue weighted by Gasteiger charge is -2.24. The lowest BCUT2D eigenvalue weighted by atomic mass is 10.2. The van der Waals surface area contributed by atoms with Gasteiger partial charge in [0.05, 0.1) is 72.7 Å². The first-order valence-electron chi connectivity index (χ1n) is 11.9. The van der Waals surface area contributed by atoms with E-state index in [1.165, 1.54) is 11.3 Å². The molecule has 196 valence electrons. The summed E-state index contributed by atoms with van der Waals surface area (Å²) in [6.45, 7) is 12.3. The smallest absolute Gasteiger partial charge is 0.410 e. The van der Waals surface area contributed by atoms with E-state index in [-0.39, 0.29) is 12.4 Å². The van der Waals surface area contributed by atoms with E-state index in [2.05, 4.69) is 0 Å². The average Bonchev–Trinajstić information content (AvgIpc) is 2.77. The molecule has 0 bridgehead atoms. The summed E-state index contributed by atoms with van der Waals surface area (Å²) in [6.07, 6.45) is 2.84. The Hall–Kier alpha value is -1.01. The van der Waals surface area contributed by atoms with Gasteiger partial charge < -0.3 is 42.8 Å². The van der Waals surface area contributed by atoms with E-state index < -0.39 is 5.60 Å². The van der Waals surface area contributed by atoms with Crippen LogP contribution in [-0.2, 0) is 37.9 Å². The van der Waals surface area contributed by atoms with Crippen LogP contribution in [0.25, 0.3) is 0 Å². The zero-order valence-electron chi connectivity index (χ0n) is 21.0. The highest BCUT2D eigenvalue weighted by Crippen LogP contribution is 2.13. The SMILES string of the molecule is CN(CCOCCOCCOCCOCCOCCOC1CCCCO1)C(=O)OC(C)(C)C. The minimum atomic E-state index is -0.498. The van der Waals surface area contributed by atoms with E-state index in [1.807, 2.05) is 20.8 Å². The van der Waals surface area contributed by atoms with Crippen molar-refractivity contribution in [3.8, 4) is 0 Å². The normalized spacial score (nSPS) is 16.7. The van der Waals surface area contributed by atoms with Gasteiger partial charge in [-0.2, -0.15) is 0 Å². The first kappa shape index (κ1) is 30.0. The fourth-order valence-electron chi connectivity index (χ4n) is 2.70. The number of carbonyl (C=O) groups is 1. The lowest BCUT2D eigenvalue weighted by Crippen LogP contribution is -2.36. The second kappa shape index (κ2) is 19.3. The van der Waals surface area contributed by atoms with Crippen LogP contribution in [0.1, 0.15) is 40.0 Å².